The van der Waals surface area contributed by atoms with Crippen LogP contribution in [-0.4, -0.2) is 32.9 Å². The molecule has 2 rings (SSSR count). The van der Waals surface area contributed by atoms with Crippen LogP contribution in [0, 0.1) is 0 Å². The van der Waals surface area contributed by atoms with Crippen LogP contribution in [0.2, 0.25) is 0 Å². The second-order valence-electron chi connectivity index (χ2n) is 4.76. The SMILES string of the molecule is CC(C)(C)OC(=O)c1nc2n(n1)CCCN2. The summed E-state index contributed by atoms with van der Waals surface area (Å²) in [7, 11) is 0. The van der Waals surface area contributed by atoms with Gasteiger partial charge in [-0.15, -0.1) is 5.10 Å². The van der Waals surface area contributed by atoms with Crippen molar-refractivity contribution in [3.63, 3.8) is 0 Å². The molecule has 1 aliphatic rings. The summed E-state index contributed by atoms with van der Waals surface area (Å²) in [5.41, 5.74) is -0.518. The molecule has 1 N–H and O–H groups in total. The molecule has 0 atom stereocenters. The van der Waals surface area contributed by atoms with Crippen LogP contribution in [0.15, 0.2) is 0 Å². The minimum Gasteiger partial charge on any atom is -0.454 e. The number of carbonyl (C=O) groups excluding carboxylic acids is 1. The van der Waals surface area contributed by atoms with Crippen molar-refractivity contribution in [1.29, 1.82) is 0 Å². The minimum atomic E-state index is -0.518. The average Bonchev–Trinajstić information content (AvgIpc) is 2.58. The smallest absolute Gasteiger partial charge is 0.378 e. The Morgan fingerprint density at radius 1 is 1.50 bits per heavy atom. The zero-order valence-corrected chi connectivity index (χ0v) is 9.78. The summed E-state index contributed by atoms with van der Waals surface area (Å²) in [4.78, 5) is 15.8. The van der Waals surface area contributed by atoms with Gasteiger partial charge < -0.3 is 10.1 Å². The van der Waals surface area contributed by atoms with Gasteiger partial charge in [0.25, 0.3) is 5.82 Å². The summed E-state index contributed by atoms with van der Waals surface area (Å²) in [6, 6.07) is 0. The first-order chi connectivity index (χ1) is 7.46. The highest BCUT2D eigenvalue weighted by atomic mass is 16.6. The normalized spacial score (nSPS) is 15.2. The zero-order chi connectivity index (χ0) is 11.8. The van der Waals surface area contributed by atoms with E-state index in [1.165, 1.54) is 0 Å². The fourth-order valence-electron chi connectivity index (χ4n) is 1.47. The molecule has 0 unspecified atom stereocenters. The van der Waals surface area contributed by atoms with E-state index in [-0.39, 0.29) is 5.82 Å². The molecule has 0 spiro atoms. The van der Waals surface area contributed by atoms with E-state index >= 15 is 0 Å². The van der Waals surface area contributed by atoms with Gasteiger partial charge in [-0.3, -0.25) is 0 Å². The van der Waals surface area contributed by atoms with E-state index in [0.29, 0.717) is 5.95 Å². The molecule has 0 amide bonds. The summed E-state index contributed by atoms with van der Waals surface area (Å²) < 4.78 is 6.89. The fraction of sp³-hybridized carbons (Fsp3) is 0.700. The third kappa shape index (κ3) is 2.32. The average molecular weight is 224 g/mol. The molecule has 0 radical (unpaired) electrons. The van der Waals surface area contributed by atoms with Crippen LogP contribution in [0.4, 0.5) is 5.95 Å². The van der Waals surface area contributed by atoms with Crippen molar-refractivity contribution in [2.45, 2.75) is 39.3 Å². The van der Waals surface area contributed by atoms with Crippen molar-refractivity contribution in [2.24, 2.45) is 0 Å². The summed E-state index contributed by atoms with van der Waals surface area (Å²) in [6.07, 6.45) is 0.990. The number of rotatable bonds is 1. The highest BCUT2D eigenvalue weighted by molar-refractivity contribution is 5.85. The molecule has 0 aromatic carbocycles. The highest BCUT2D eigenvalue weighted by Crippen LogP contribution is 2.14. The van der Waals surface area contributed by atoms with Crippen LogP contribution in [-0.2, 0) is 11.3 Å². The molecule has 0 saturated carbocycles. The molecule has 16 heavy (non-hydrogen) atoms. The number of ether oxygens (including phenoxy) is 1. The Hall–Kier alpha value is -1.59. The summed E-state index contributed by atoms with van der Waals surface area (Å²) in [6.45, 7) is 7.11. The van der Waals surface area contributed by atoms with E-state index in [0.717, 1.165) is 19.5 Å². The molecule has 0 aliphatic carbocycles. The van der Waals surface area contributed by atoms with Crippen molar-refractivity contribution in [3.05, 3.63) is 5.82 Å². The van der Waals surface area contributed by atoms with Crippen LogP contribution in [0.25, 0.3) is 0 Å². The monoisotopic (exact) mass is 224 g/mol. The van der Waals surface area contributed by atoms with Crippen molar-refractivity contribution < 1.29 is 9.53 Å². The second kappa shape index (κ2) is 3.77. The molecule has 0 saturated heterocycles. The summed E-state index contributed by atoms with van der Waals surface area (Å²) in [5.74, 6) is 0.294. The Bertz CT molecular complexity index is 382. The number of aryl methyl sites for hydroxylation is 1. The van der Waals surface area contributed by atoms with Gasteiger partial charge in [-0.25, -0.2) is 9.48 Å². The first-order valence-electron chi connectivity index (χ1n) is 5.38. The molecular formula is C10H16N4O2. The lowest BCUT2D eigenvalue weighted by atomic mass is 10.2. The van der Waals surface area contributed by atoms with Crippen LogP contribution in [0.3, 0.4) is 0 Å². The number of anilines is 1. The number of nitrogens with one attached hydrogen (secondary N) is 1. The Labute approximate surface area is 94.0 Å². The van der Waals surface area contributed by atoms with E-state index in [2.05, 4.69) is 15.4 Å². The molecule has 1 aromatic rings. The number of aromatic nitrogens is 3. The van der Waals surface area contributed by atoms with E-state index in [9.17, 15) is 4.79 Å². The van der Waals surface area contributed by atoms with Crippen LogP contribution >= 0.6 is 0 Å². The number of nitrogens with zero attached hydrogens (tertiary/aromatic N) is 3. The number of esters is 1. The Balaban J connectivity index is 2.15. The lowest BCUT2D eigenvalue weighted by molar-refractivity contribution is 0.00554. The molecule has 6 nitrogen and oxygen atoms in total. The number of hydrogen-bond acceptors (Lipinski definition) is 5. The molecular weight excluding hydrogens is 208 g/mol. The quantitative estimate of drug-likeness (QED) is 0.722. The Morgan fingerprint density at radius 2 is 2.25 bits per heavy atom. The van der Waals surface area contributed by atoms with Crippen molar-refractivity contribution in [3.8, 4) is 0 Å². The molecule has 6 heteroatoms. The van der Waals surface area contributed by atoms with Crippen molar-refractivity contribution >= 4 is 11.9 Å². The van der Waals surface area contributed by atoms with Gasteiger partial charge in [-0.1, -0.05) is 0 Å². The lowest BCUT2D eigenvalue weighted by Crippen LogP contribution is -2.24. The summed E-state index contributed by atoms with van der Waals surface area (Å²) >= 11 is 0. The molecule has 1 aliphatic heterocycles. The predicted octanol–water partition coefficient (Wildman–Crippen LogP) is 1.05. The summed E-state index contributed by atoms with van der Waals surface area (Å²) in [5, 5.41) is 7.19. The highest BCUT2D eigenvalue weighted by Gasteiger charge is 2.23. The van der Waals surface area contributed by atoms with Crippen LogP contribution < -0.4 is 5.32 Å². The van der Waals surface area contributed by atoms with Gasteiger partial charge in [0.2, 0.25) is 5.95 Å². The zero-order valence-electron chi connectivity index (χ0n) is 9.78. The van der Waals surface area contributed by atoms with Crippen LogP contribution in [0.1, 0.15) is 37.8 Å². The van der Waals surface area contributed by atoms with Gasteiger partial charge in [-0.2, -0.15) is 4.98 Å². The number of carbonyl (C=O) groups is 1. The second-order valence-corrected chi connectivity index (χ2v) is 4.76. The molecule has 2 heterocycles. The van der Waals surface area contributed by atoms with E-state index in [4.69, 9.17) is 4.74 Å². The van der Waals surface area contributed by atoms with Crippen molar-refractivity contribution in [1.82, 2.24) is 14.8 Å². The van der Waals surface area contributed by atoms with Crippen LogP contribution in [0.5, 0.6) is 0 Å². The maximum atomic E-state index is 11.7. The third-order valence-electron chi connectivity index (χ3n) is 2.08. The predicted molar refractivity (Wildman–Crippen MR) is 58.3 cm³/mol. The maximum absolute atomic E-state index is 11.7. The van der Waals surface area contributed by atoms with Crippen molar-refractivity contribution in [2.75, 3.05) is 11.9 Å². The minimum absolute atomic E-state index is 0.124. The first kappa shape index (κ1) is 10.9. The van der Waals surface area contributed by atoms with Gasteiger partial charge >= 0.3 is 5.97 Å². The largest absolute Gasteiger partial charge is 0.454 e. The molecule has 1 aromatic heterocycles. The van der Waals surface area contributed by atoms with Gasteiger partial charge in [0, 0.05) is 13.1 Å². The fourth-order valence-corrected chi connectivity index (χ4v) is 1.47. The van der Waals surface area contributed by atoms with Gasteiger partial charge in [0.05, 0.1) is 0 Å². The number of fused-ring (bicyclic) bond motifs is 1. The lowest BCUT2D eigenvalue weighted by Gasteiger charge is -2.17. The van der Waals surface area contributed by atoms with Gasteiger partial charge in [0.1, 0.15) is 5.60 Å². The standard InChI is InChI=1S/C10H16N4O2/c1-10(2,3)16-8(15)7-12-9-11-5-4-6-14(9)13-7/h4-6H2,1-3H3,(H,11,12,13). The Morgan fingerprint density at radius 3 is 2.88 bits per heavy atom. The first-order valence-corrected chi connectivity index (χ1v) is 5.38. The van der Waals surface area contributed by atoms with Gasteiger partial charge in [-0.05, 0) is 27.2 Å². The van der Waals surface area contributed by atoms with E-state index in [1.807, 2.05) is 20.8 Å². The molecule has 0 bridgehead atoms. The Kier molecular flexibility index (Phi) is 2.57. The molecule has 88 valence electrons. The number of hydrogen-bond donors (Lipinski definition) is 1. The third-order valence-corrected chi connectivity index (χ3v) is 2.08. The van der Waals surface area contributed by atoms with E-state index in [1.54, 1.807) is 4.68 Å². The topological polar surface area (TPSA) is 69.0 Å². The molecule has 0 fully saturated rings. The van der Waals surface area contributed by atoms with Gasteiger partial charge in [0.15, 0.2) is 0 Å². The maximum Gasteiger partial charge on any atom is 0.378 e. The van der Waals surface area contributed by atoms with E-state index < -0.39 is 11.6 Å².